The fourth-order valence-corrected chi connectivity index (χ4v) is 1.70. The van der Waals surface area contributed by atoms with E-state index in [1.54, 1.807) is 0 Å². The normalized spacial score (nSPS) is 10.4. The van der Waals surface area contributed by atoms with Crippen molar-refractivity contribution in [2.45, 2.75) is 20.8 Å². The molecule has 0 unspecified atom stereocenters. The molecule has 0 fully saturated rings. The first kappa shape index (κ1) is 12.5. The molecule has 0 heterocycles. The molecule has 15 heavy (non-hydrogen) atoms. The van der Waals surface area contributed by atoms with E-state index in [0.29, 0.717) is 13.2 Å². The Morgan fingerprint density at radius 1 is 1.13 bits per heavy atom. The molecule has 0 aliphatic heterocycles. The van der Waals surface area contributed by atoms with E-state index in [1.807, 2.05) is 19.1 Å². The van der Waals surface area contributed by atoms with Crippen molar-refractivity contribution in [3.05, 3.63) is 27.7 Å². The third kappa shape index (κ3) is 3.50. The summed E-state index contributed by atoms with van der Waals surface area (Å²) in [6.45, 7) is 8.11. The zero-order valence-corrected chi connectivity index (χ0v) is 11.1. The Morgan fingerprint density at radius 2 is 1.87 bits per heavy atom. The highest BCUT2D eigenvalue weighted by Gasteiger charge is 2.04. The minimum Gasteiger partial charge on any atom is -0.491 e. The van der Waals surface area contributed by atoms with Gasteiger partial charge in [0.2, 0.25) is 0 Å². The van der Waals surface area contributed by atoms with Crippen LogP contribution < -0.4 is 4.74 Å². The average Bonchev–Trinajstić information content (AvgIpc) is 2.24. The van der Waals surface area contributed by atoms with Gasteiger partial charge in [0.15, 0.2) is 0 Å². The summed E-state index contributed by atoms with van der Waals surface area (Å²) in [6, 6.07) is 4.00. The molecule has 1 rings (SSSR count). The van der Waals surface area contributed by atoms with Crippen molar-refractivity contribution in [2.24, 2.45) is 0 Å². The highest BCUT2D eigenvalue weighted by molar-refractivity contribution is 9.10. The van der Waals surface area contributed by atoms with Crippen LogP contribution in [0.4, 0.5) is 0 Å². The van der Waals surface area contributed by atoms with E-state index in [2.05, 4.69) is 29.8 Å². The number of halogens is 1. The first-order chi connectivity index (χ1) is 7.16. The molecule has 0 saturated carbocycles. The van der Waals surface area contributed by atoms with Crippen molar-refractivity contribution in [1.82, 2.24) is 0 Å². The Balaban J connectivity index is 2.58. The molecule has 0 atom stereocenters. The molecule has 0 aliphatic rings. The highest BCUT2D eigenvalue weighted by Crippen LogP contribution is 2.27. The predicted molar refractivity (Wildman–Crippen MR) is 65.6 cm³/mol. The van der Waals surface area contributed by atoms with Gasteiger partial charge in [-0.1, -0.05) is 15.9 Å². The standard InChI is InChI=1S/C12H17BrO2/c1-4-14-7-8-15-12-6-5-11(13)9(2)10(12)3/h5-6H,4,7-8H2,1-3H3. The third-order valence-corrected chi connectivity index (χ3v) is 3.22. The van der Waals surface area contributed by atoms with Gasteiger partial charge in [-0.25, -0.2) is 0 Å². The average molecular weight is 273 g/mol. The molecule has 1 aromatic rings. The lowest BCUT2D eigenvalue weighted by Gasteiger charge is -2.11. The van der Waals surface area contributed by atoms with Gasteiger partial charge in [0.25, 0.3) is 0 Å². The van der Waals surface area contributed by atoms with Crippen LogP contribution in [-0.4, -0.2) is 19.8 Å². The van der Waals surface area contributed by atoms with Gasteiger partial charge in [0.05, 0.1) is 6.61 Å². The van der Waals surface area contributed by atoms with Crippen molar-refractivity contribution in [3.63, 3.8) is 0 Å². The number of rotatable bonds is 5. The fraction of sp³-hybridized carbons (Fsp3) is 0.500. The number of hydrogen-bond donors (Lipinski definition) is 0. The zero-order valence-electron chi connectivity index (χ0n) is 9.47. The van der Waals surface area contributed by atoms with E-state index in [-0.39, 0.29) is 0 Å². The number of benzene rings is 1. The monoisotopic (exact) mass is 272 g/mol. The number of hydrogen-bond acceptors (Lipinski definition) is 2. The second-order valence-electron chi connectivity index (χ2n) is 3.34. The lowest BCUT2D eigenvalue weighted by atomic mass is 10.1. The quantitative estimate of drug-likeness (QED) is 0.765. The molecule has 1 aromatic carbocycles. The Bertz CT molecular complexity index is 324. The molecule has 84 valence electrons. The van der Waals surface area contributed by atoms with Crippen LogP contribution >= 0.6 is 15.9 Å². The summed E-state index contributed by atoms with van der Waals surface area (Å²) in [4.78, 5) is 0. The summed E-state index contributed by atoms with van der Waals surface area (Å²) in [5, 5.41) is 0. The molecule has 0 bridgehead atoms. The van der Waals surface area contributed by atoms with Crippen LogP contribution in [0.5, 0.6) is 5.75 Å². The Kier molecular flexibility index (Phi) is 5.12. The molecule has 3 heteroatoms. The first-order valence-corrected chi connectivity index (χ1v) is 5.92. The summed E-state index contributed by atoms with van der Waals surface area (Å²) in [5.74, 6) is 0.940. The van der Waals surface area contributed by atoms with Crippen molar-refractivity contribution in [3.8, 4) is 5.75 Å². The Hall–Kier alpha value is -0.540. The van der Waals surface area contributed by atoms with Gasteiger partial charge in [0, 0.05) is 11.1 Å². The first-order valence-electron chi connectivity index (χ1n) is 5.13. The van der Waals surface area contributed by atoms with Crippen molar-refractivity contribution < 1.29 is 9.47 Å². The second kappa shape index (κ2) is 6.13. The van der Waals surface area contributed by atoms with Crippen molar-refractivity contribution in [2.75, 3.05) is 19.8 Å². The van der Waals surface area contributed by atoms with Crippen LogP contribution in [0.15, 0.2) is 16.6 Å². The van der Waals surface area contributed by atoms with Crippen molar-refractivity contribution >= 4 is 15.9 Å². The van der Waals surface area contributed by atoms with E-state index in [4.69, 9.17) is 9.47 Å². The van der Waals surface area contributed by atoms with Gasteiger partial charge in [-0.15, -0.1) is 0 Å². The molecular weight excluding hydrogens is 256 g/mol. The summed E-state index contributed by atoms with van der Waals surface area (Å²) in [7, 11) is 0. The molecule has 0 aliphatic carbocycles. The van der Waals surface area contributed by atoms with Crippen LogP contribution in [0.25, 0.3) is 0 Å². The third-order valence-electron chi connectivity index (χ3n) is 2.36. The van der Waals surface area contributed by atoms with E-state index < -0.39 is 0 Å². The van der Waals surface area contributed by atoms with Gasteiger partial charge < -0.3 is 9.47 Å². The Labute approximate surface area is 99.7 Å². The molecular formula is C12H17BrO2. The second-order valence-corrected chi connectivity index (χ2v) is 4.20. The molecule has 2 nitrogen and oxygen atoms in total. The fourth-order valence-electron chi connectivity index (χ4n) is 1.27. The molecule has 0 radical (unpaired) electrons. The smallest absolute Gasteiger partial charge is 0.122 e. The lowest BCUT2D eigenvalue weighted by molar-refractivity contribution is 0.110. The highest BCUT2D eigenvalue weighted by atomic mass is 79.9. The van der Waals surface area contributed by atoms with Crippen LogP contribution in [0.3, 0.4) is 0 Å². The molecule has 0 N–H and O–H groups in total. The predicted octanol–water partition coefficient (Wildman–Crippen LogP) is 3.48. The van der Waals surface area contributed by atoms with Gasteiger partial charge in [-0.2, -0.15) is 0 Å². The molecule has 0 amide bonds. The minimum atomic E-state index is 0.607. The van der Waals surface area contributed by atoms with E-state index in [1.165, 1.54) is 11.1 Å². The lowest BCUT2D eigenvalue weighted by Crippen LogP contribution is -2.07. The number of ether oxygens (including phenoxy) is 2. The van der Waals surface area contributed by atoms with Crippen LogP contribution in [0.2, 0.25) is 0 Å². The Morgan fingerprint density at radius 3 is 2.53 bits per heavy atom. The van der Waals surface area contributed by atoms with Crippen molar-refractivity contribution in [1.29, 1.82) is 0 Å². The van der Waals surface area contributed by atoms with Gasteiger partial charge in [-0.3, -0.25) is 0 Å². The molecule has 0 spiro atoms. The summed E-state index contributed by atoms with van der Waals surface area (Å²) >= 11 is 3.49. The summed E-state index contributed by atoms with van der Waals surface area (Å²) in [5.41, 5.74) is 2.41. The van der Waals surface area contributed by atoms with E-state index in [9.17, 15) is 0 Å². The van der Waals surface area contributed by atoms with Crippen LogP contribution in [0.1, 0.15) is 18.1 Å². The summed E-state index contributed by atoms with van der Waals surface area (Å²) < 4.78 is 12.0. The van der Waals surface area contributed by atoms with E-state index in [0.717, 1.165) is 16.8 Å². The van der Waals surface area contributed by atoms with Crippen LogP contribution in [0, 0.1) is 13.8 Å². The maximum Gasteiger partial charge on any atom is 0.122 e. The SMILES string of the molecule is CCOCCOc1ccc(Br)c(C)c1C. The topological polar surface area (TPSA) is 18.5 Å². The van der Waals surface area contributed by atoms with Gasteiger partial charge in [0.1, 0.15) is 12.4 Å². The maximum absolute atomic E-state index is 5.63. The minimum absolute atomic E-state index is 0.607. The van der Waals surface area contributed by atoms with Gasteiger partial charge >= 0.3 is 0 Å². The largest absolute Gasteiger partial charge is 0.491 e. The van der Waals surface area contributed by atoms with Gasteiger partial charge in [-0.05, 0) is 44.0 Å². The molecule has 0 aromatic heterocycles. The van der Waals surface area contributed by atoms with E-state index >= 15 is 0 Å². The van der Waals surface area contributed by atoms with Crippen LogP contribution in [-0.2, 0) is 4.74 Å². The molecule has 0 saturated heterocycles. The maximum atomic E-state index is 5.63. The zero-order chi connectivity index (χ0) is 11.3. The summed E-state index contributed by atoms with van der Waals surface area (Å²) in [6.07, 6.45) is 0.